The molecule has 0 aromatic carbocycles. The minimum absolute atomic E-state index is 0.0397. The van der Waals surface area contributed by atoms with Gasteiger partial charge in [-0.15, -0.1) is 0 Å². The van der Waals surface area contributed by atoms with Crippen molar-refractivity contribution in [1.29, 1.82) is 0 Å². The molecular weight excluding hydrogens is 328 g/mol. The van der Waals surface area contributed by atoms with Gasteiger partial charge in [-0.25, -0.2) is 15.0 Å². The highest BCUT2D eigenvalue weighted by Gasteiger charge is 2.35. The van der Waals surface area contributed by atoms with Crippen LogP contribution in [-0.2, 0) is 12.8 Å². The second-order valence-corrected chi connectivity index (χ2v) is 7.41. The van der Waals surface area contributed by atoms with E-state index < -0.39 is 0 Å². The van der Waals surface area contributed by atoms with Gasteiger partial charge in [0.15, 0.2) is 0 Å². The Bertz CT molecular complexity index is 772. The third kappa shape index (κ3) is 3.38. The third-order valence-corrected chi connectivity index (χ3v) is 5.62. The van der Waals surface area contributed by atoms with Crippen LogP contribution in [0.2, 0.25) is 0 Å². The van der Waals surface area contributed by atoms with E-state index in [-0.39, 0.29) is 12.1 Å². The number of pyridine rings is 1. The van der Waals surface area contributed by atoms with Gasteiger partial charge < -0.3 is 15.2 Å². The van der Waals surface area contributed by atoms with Crippen molar-refractivity contribution in [3.05, 3.63) is 40.8 Å². The maximum absolute atomic E-state index is 9.77. The summed E-state index contributed by atoms with van der Waals surface area (Å²) in [6.45, 7) is 2.08. The molecule has 138 valence electrons. The minimum Gasteiger partial charge on any atom is -0.481 e. The van der Waals surface area contributed by atoms with E-state index in [9.17, 15) is 5.11 Å². The maximum Gasteiger partial charge on any atom is 0.223 e. The SMILES string of the molecule is COc1ccc([C@@H](Nc2nc(C)c3c(n2)CCCC3)C2CC(O)C2)cn1. The highest BCUT2D eigenvalue weighted by Crippen LogP contribution is 2.40. The van der Waals surface area contributed by atoms with Gasteiger partial charge in [0.1, 0.15) is 0 Å². The monoisotopic (exact) mass is 354 g/mol. The summed E-state index contributed by atoms with van der Waals surface area (Å²) in [7, 11) is 1.61. The van der Waals surface area contributed by atoms with E-state index in [4.69, 9.17) is 14.7 Å². The average molecular weight is 354 g/mol. The minimum atomic E-state index is -0.207. The number of nitrogens with one attached hydrogen (secondary N) is 1. The van der Waals surface area contributed by atoms with Gasteiger partial charge in [0.05, 0.1) is 19.3 Å². The summed E-state index contributed by atoms with van der Waals surface area (Å²) in [5, 5.41) is 13.3. The Morgan fingerprint density at radius 3 is 2.69 bits per heavy atom. The second-order valence-electron chi connectivity index (χ2n) is 7.41. The number of fused-ring (bicyclic) bond motifs is 1. The molecule has 6 heteroatoms. The van der Waals surface area contributed by atoms with Gasteiger partial charge in [-0.1, -0.05) is 6.07 Å². The third-order valence-electron chi connectivity index (χ3n) is 5.62. The molecule has 2 N–H and O–H groups in total. The zero-order valence-corrected chi connectivity index (χ0v) is 15.4. The summed E-state index contributed by atoms with van der Waals surface area (Å²) in [6, 6.07) is 3.94. The highest BCUT2D eigenvalue weighted by atomic mass is 16.5. The molecule has 0 unspecified atom stereocenters. The lowest BCUT2D eigenvalue weighted by atomic mass is 9.75. The normalized spacial score (nSPS) is 22.9. The molecule has 26 heavy (non-hydrogen) atoms. The van der Waals surface area contributed by atoms with E-state index in [2.05, 4.69) is 17.2 Å². The molecule has 0 spiro atoms. The first kappa shape index (κ1) is 17.2. The molecule has 0 aliphatic heterocycles. The molecule has 2 aliphatic carbocycles. The van der Waals surface area contributed by atoms with Crippen LogP contribution in [0, 0.1) is 12.8 Å². The zero-order valence-electron chi connectivity index (χ0n) is 15.4. The number of hydrogen-bond acceptors (Lipinski definition) is 6. The predicted molar refractivity (Wildman–Crippen MR) is 99.3 cm³/mol. The molecule has 0 radical (unpaired) electrons. The van der Waals surface area contributed by atoms with Gasteiger partial charge in [0, 0.05) is 23.7 Å². The van der Waals surface area contributed by atoms with Crippen molar-refractivity contribution in [3.8, 4) is 5.88 Å². The van der Waals surface area contributed by atoms with Gasteiger partial charge in [0.2, 0.25) is 11.8 Å². The average Bonchev–Trinajstić information content (AvgIpc) is 2.64. The molecule has 1 saturated carbocycles. The van der Waals surface area contributed by atoms with E-state index in [1.165, 1.54) is 24.1 Å². The van der Waals surface area contributed by atoms with Gasteiger partial charge in [-0.3, -0.25) is 0 Å². The summed E-state index contributed by atoms with van der Waals surface area (Å²) < 4.78 is 5.17. The lowest BCUT2D eigenvalue weighted by Crippen LogP contribution is -2.36. The number of hydrogen-bond donors (Lipinski definition) is 2. The summed E-state index contributed by atoms with van der Waals surface area (Å²) in [5.74, 6) is 1.63. The topological polar surface area (TPSA) is 80.2 Å². The molecule has 4 rings (SSSR count). The lowest BCUT2D eigenvalue weighted by molar-refractivity contribution is 0.0338. The molecule has 1 atom stereocenters. The van der Waals surface area contributed by atoms with Crippen LogP contribution in [0.4, 0.5) is 5.95 Å². The number of anilines is 1. The second kappa shape index (κ2) is 7.19. The number of aliphatic hydroxyl groups excluding tert-OH is 1. The van der Waals surface area contributed by atoms with Crippen LogP contribution in [0.5, 0.6) is 5.88 Å². The van der Waals surface area contributed by atoms with E-state index in [0.717, 1.165) is 36.9 Å². The Morgan fingerprint density at radius 1 is 1.19 bits per heavy atom. The molecule has 0 saturated heterocycles. The molecule has 2 aromatic heterocycles. The summed E-state index contributed by atoms with van der Waals surface area (Å²) >= 11 is 0. The van der Waals surface area contributed by atoms with Crippen LogP contribution in [0.25, 0.3) is 0 Å². The first-order chi connectivity index (χ1) is 12.6. The number of methoxy groups -OCH3 is 1. The molecule has 1 fully saturated rings. The predicted octanol–water partition coefficient (Wildman–Crippen LogP) is 2.99. The largest absolute Gasteiger partial charge is 0.481 e. The van der Waals surface area contributed by atoms with Crippen LogP contribution in [0.1, 0.15) is 54.2 Å². The van der Waals surface area contributed by atoms with Crippen LogP contribution in [0.15, 0.2) is 18.3 Å². The molecule has 2 aromatic rings. The highest BCUT2D eigenvalue weighted by molar-refractivity contribution is 5.39. The smallest absolute Gasteiger partial charge is 0.223 e. The van der Waals surface area contributed by atoms with Crippen LogP contribution in [-0.4, -0.2) is 33.3 Å². The van der Waals surface area contributed by atoms with E-state index in [0.29, 0.717) is 17.7 Å². The van der Waals surface area contributed by atoms with Gasteiger partial charge in [0.25, 0.3) is 0 Å². The molecule has 2 aliphatic rings. The van der Waals surface area contributed by atoms with E-state index >= 15 is 0 Å². The van der Waals surface area contributed by atoms with Crippen molar-refractivity contribution in [2.24, 2.45) is 5.92 Å². The maximum atomic E-state index is 9.77. The Morgan fingerprint density at radius 2 is 2.00 bits per heavy atom. The van der Waals surface area contributed by atoms with Crippen molar-refractivity contribution >= 4 is 5.95 Å². The Hall–Kier alpha value is -2.21. The van der Waals surface area contributed by atoms with Crippen molar-refractivity contribution in [1.82, 2.24) is 15.0 Å². The number of aryl methyl sites for hydroxylation is 2. The van der Waals surface area contributed by atoms with Crippen LogP contribution >= 0.6 is 0 Å². The summed E-state index contributed by atoms with van der Waals surface area (Å²) in [4.78, 5) is 13.9. The van der Waals surface area contributed by atoms with Crippen LogP contribution in [0.3, 0.4) is 0 Å². The Balaban J connectivity index is 1.61. The fourth-order valence-corrected chi connectivity index (χ4v) is 4.06. The number of nitrogens with zero attached hydrogens (tertiary/aromatic N) is 3. The Kier molecular flexibility index (Phi) is 4.76. The number of rotatable bonds is 5. The summed E-state index contributed by atoms with van der Waals surface area (Å²) in [6.07, 6.45) is 7.75. The van der Waals surface area contributed by atoms with Crippen molar-refractivity contribution in [3.63, 3.8) is 0 Å². The molecule has 2 heterocycles. The molecular formula is C20H26N4O2. The molecule has 6 nitrogen and oxygen atoms in total. The van der Waals surface area contributed by atoms with Crippen molar-refractivity contribution in [2.75, 3.05) is 12.4 Å². The van der Waals surface area contributed by atoms with E-state index in [1.807, 2.05) is 18.3 Å². The Labute approximate surface area is 154 Å². The van der Waals surface area contributed by atoms with Crippen LogP contribution < -0.4 is 10.1 Å². The summed E-state index contributed by atoms with van der Waals surface area (Å²) in [5.41, 5.74) is 4.66. The standard InChI is InChI=1S/C20H26N4O2/c1-12-16-5-3-4-6-17(16)23-20(22-12)24-19(14-9-15(25)10-14)13-7-8-18(26-2)21-11-13/h7-8,11,14-15,19,25H,3-6,9-10H2,1-2H3,(H,22,23,24)/t14?,15?,19-/m1/s1. The van der Waals surface area contributed by atoms with Gasteiger partial charge in [-0.2, -0.15) is 0 Å². The zero-order chi connectivity index (χ0) is 18.1. The van der Waals surface area contributed by atoms with E-state index in [1.54, 1.807) is 7.11 Å². The van der Waals surface area contributed by atoms with Gasteiger partial charge >= 0.3 is 0 Å². The van der Waals surface area contributed by atoms with Gasteiger partial charge in [-0.05, 0) is 62.5 Å². The van der Waals surface area contributed by atoms with Crippen molar-refractivity contribution < 1.29 is 9.84 Å². The fourth-order valence-electron chi connectivity index (χ4n) is 4.06. The van der Waals surface area contributed by atoms with Crippen molar-refractivity contribution in [2.45, 2.75) is 57.6 Å². The number of aromatic nitrogens is 3. The molecule has 0 bridgehead atoms. The number of ether oxygens (including phenoxy) is 1. The first-order valence-corrected chi connectivity index (χ1v) is 9.45. The first-order valence-electron chi connectivity index (χ1n) is 9.45. The lowest BCUT2D eigenvalue weighted by Gasteiger charge is -2.38. The number of aliphatic hydroxyl groups is 1. The fraction of sp³-hybridized carbons (Fsp3) is 0.550. The quantitative estimate of drug-likeness (QED) is 0.859. The molecule has 0 amide bonds.